The van der Waals surface area contributed by atoms with E-state index in [0.717, 1.165) is 12.8 Å². The smallest absolute Gasteiger partial charge is 0.224 e. The van der Waals surface area contributed by atoms with Gasteiger partial charge in [0, 0.05) is 12.1 Å². The number of carbonyl (C=O) groups is 1. The fourth-order valence-electron chi connectivity index (χ4n) is 1.19. The van der Waals surface area contributed by atoms with E-state index in [-0.39, 0.29) is 5.91 Å². The summed E-state index contributed by atoms with van der Waals surface area (Å²) in [4.78, 5) is 11.4. The lowest BCUT2D eigenvalue weighted by atomic mass is 10.2. The maximum Gasteiger partial charge on any atom is 0.224 e. The molecule has 4 heteroatoms. The number of amides is 1. The van der Waals surface area contributed by atoms with Crippen LogP contribution >= 0.6 is 11.6 Å². The van der Waals surface area contributed by atoms with Crippen molar-refractivity contribution in [2.45, 2.75) is 40.0 Å². The summed E-state index contributed by atoms with van der Waals surface area (Å²) in [5.41, 5.74) is 6.76. The minimum absolute atomic E-state index is 0.0237. The third kappa shape index (κ3) is 6.17. The predicted octanol–water partition coefficient (Wildman–Crippen LogP) is 4.08. The zero-order valence-electron chi connectivity index (χ0n) is 10.7. The van der Waals surface area contributed by atoms with Gasteiger partial charge < -0.3 is 11.1 Å². The van der Waals surface area contributed by atoms with Crippen LogP contribution in [-0.4, -0.2) is 5.91 Å². The molecule has 0 fully saturated rings. The van der Waals surface area contributed by atoms with E-state index in [2.05, 4.69) is 5.32 Å². The lowest BCUT2D eigenvalue weighted by Gasteiger charge is -2.07. The first kappa shape index (κ1) is 15.8. The normalized spacial score (nSPS) is 9.18. The number of nitrogens with two attached hydrogens (primary N) is 1. The van der Waals surface area contributed by atoms with E-state index in [1.807, 2.05) is 20.8 Å². The number of hydrogen-bond acceptors (Lipinski definition) is 2. The fraction of sp³-hybridized carbons (Fsp3) is 0.462. The Balaban J connectivity index is 0.00000121. The zero-order chi connectivity index (χ0) is 13.3. The molecule has 0 heterocycles. The van der Waals surface area contributed by atoms with Crippen molar-refractivity contribution >= 4 is 28.9 Å². The second-order valence-corrected chi connectivity index (χ2v) is 3.80. The Bertz CT molecular complexity index is 353. The standard InChI is InChI=1S/C11H15ClN2O.C2H6/c1-2-3-4-11(15)14-10-7-8(13)5-6-9(10)12;1-2/h5-7H,2-4,13H2,1H3,(H,14,15);1-2H3. The van der Waals surface area contributed by atoms with Gasteiger partial charge in [-0.3, -0.25) is 4.79 Å². The van der Waals surface area contributed by atoms with Gasteiger partial charge in [-0.05, 0) is 24.6 Å². The van der Waals surface area contributed by atoms with Crippen LogP contribution in [0.5, 0.6) is 0 Å². The van der Waals surface area contributed by atoms with Crippen LogP contribution in [0.1, 0.15) is 40.0 Å². The molecule has 1 rings (SSSR count). The average Bonchev–Trinajstić information content (AvgIpc) is 2.34. The van der Waals surface area contributed by atoms with Crippen molar-refractivity contribution in [2.24, 2.45) is 0 Å². The Kier molecular flexibility index (Phi) is 8.24. The largest absolute Gasteiger partial charge is 0.399 e. The summed E-state index contributed by atoms with van der Waals surface area (Å²) in [6.45, 7) is 6.04. The molecule has 0 aliphatic heterocycles. The third-order valence-electron chi connectivity index (χ3n) is 2.02. The highest BCUT2D eigenvalue weighted by molar-refractivity contribution is 6.33. The van der Waals surface area contributed by atoms with Gasteiger partial charge in [0.15, 0.2) is 0 Å². The topological polar surface area (TPSA) is 55.1 Å². The summed E-state index contributed by atoms with van der Waals surface area (Å²) in [7, 11) is 0. The highest BCUT2D eigenvalue weighted by atomic mass is 35.5. The van der Waals surface area contributed by atoms with Gasteiger partial charge in [-0.15, -0.1) is 0 Å². The van der Waals surface area contributed by atoms with Crippen molar-refractivity contribution in [1.29, 1.82) is 0 Å². The van der Waals surface area contributed by atoms with E-state index in [1.54, 1.807) is 18.2 Å². The van der Waals surface area contributed by atoms with E-state index >= 15 is 0 Å². The quantitative estimate of drug-likeness (QED) is 0.798. The second-order valence-electron chi connectivity index (χ2n) is 3.39. The summed E-state index contributed by atoms with van der Waals surface area (Å²) < 4.78 is 0. The minimum Gasteiger partial charge on any atom is -0.399 e. The maximum atomic E-state index is 11.4. The van der Waals surface area contributed by atoms with E-state index in [9.17, 15) is 4.79 Å². The highest BCUT2D eigenvalue weighted by Crippen LogP contribution is 2.24. The first-order chi connectivity index (χ1) is 8.13. The van der Waals surface area contributed by atoms with Crippen LogP contribution in [0.3, 0.4) is 0 Å². The minimum atomic E-state index is -0.0237. The van der Waals surface area contributed by atoms with Crippen molar-refractivity contribution in [3.05, 3.63) is 23.2 Å². The van der Waals surface area contributed by atoms with Gasteiger partial charge in [0.05, 0.1) is 10.7 Å². The molecule has 17 heavy (non-hydrogen) atoms. The molecule has 0 saturated heterocycles. The summed E-state index contributed by atoms with van der Waals surface area (Å²) in [5, 5.41) is 3.24. The molecule has 0 spiro atoms. The van der Waals surface area contributed by atoms with Gasteiger partial charge in [0.2, 0.25) is 5.91 Å². The molecule has 0 unspecified atom stereocenters. The van der Waals surface area contributed by atoms with Crippen LogP contribution in [0.4, 0.5) is 11.4 Å². The van der Waals surface area contributed by atoms with Gasteiger partial charge in [0.1, 0.15) is 0 Å². The van der Waals surface area contributed by atoms with E-state index in [0.29, 0.717) is 22.8 Å². The van der Waals surface area contributed by atoms with Gasteiger partial charge >= 0.3 is 0 Å². The number of carbonyl (C=O) groups excluding carboxylic acids is 1. The third-order valence-corrected chi connectivity index (χ3v) is 2.35. The molecular formula is C13H21ClN2O. The van der Waals surface area contributed by atoms with Crippen LogP contribution in [-0.2, 0) is 4.79 Å². The number of benzene rings is 1. The van der Waals surface area contributed by atoms with Crippen molar-refractivity contribution in [1.82, 2.24) is 0 Å². The Morgan fingerprint density at radius 2 is 2.06 bits per heavy atom. The Hall–Kier alpha value is -1.22. The van der Waals surface area contributed by atoms with Gasteiger partial charge in [-0.25, -0.2) is 0 Å². The van der Waals surface area contributed by atoms with Crippen LogP contribution in [0.25, 0.3) is 0 Å². The monoisotopic (exact) mass is 256 g/mol. The first-order valence-electron chi connectivity index (χ1n) is 5.98. The summed E-state index contributed by atoms with van der Waals surface area (Å²) in [6.07, 6.45) is 2.39. The van der Waals surface area contributed by atoms with Crippen LogP contribution < -0.4 is 11.1 Å². The number of unbranched alkanes of at least 4 members (excludes halogenated alkanes) is 1. The number of nitrogen functional groups attached to an aromatic ring is 1. The van der Waals surface area contributed by atoms with Crippen molar-refractivity contribution in [2.75, 3.05) is 11.1 Å². The molecule has 0 aromatic heterocycles. The molecular weight excluding hydrogens is 236 g/mol. The average molecular weight is 257 g/mol. The molecule has 1 amide bonds. The Morgan fingerprint density at radius 1 is 1.41 bits per heavy atom. The molecule has 0 saturated carbocycles. The van der Waals surface area contributed by atoms with Crippen molar-refractivity contribution in [3.8, 4) is 0 Å². The lowest BCUT2D eigenvalue weighted by Crippen LogP contribution is -2.11. The van der Waals surface area contributed by atoms with Gasteiger partial charge in [-0.2, -0.15) is 0 Å². The van der Waals surface area contributed by atoms with Crippen LogP contribution in [0.2, 0.25) is 5.02 Å². The summed E-state index contributed by atoms with van der Waals surface area (Å²) in [6, 6.07) is 5.03. The molecule has 3 nitrogen and oxygen atoms in total. The lowest BCUT2D eigenvalue weighted by molar-refractivity contribution is -0.116. The number of anilines is 2. The van der Waals surface area contributed by atoms with E-state index in [4.69, 9.17) is 17.3 Å². The number of halogens is 1. The van der Waals surface area contributed by atoms with E-state index in [1.165, 1.54) is 0 Å². The number of hydrogen-bond donors (Lipinski definition) is 2. The molecule has 1 aromatic rings. The van der Waals surface area contributed by atoms with E-state index < -0.39 is 0 Å². The molecule has 0 aliphatic rings. The van der Waals surface area contributed by atoms with Gasteiger partial charge in [-0.1, -0.05) is 38.8 Å². The molecule has 1 aromatic carbocycles. The van der Waals surface area contributed by atoms with Gasteiger partial charge in [0.25, 0.3) is 0 Å². The Labute approximate surface area is 108 Å². The highest BCUT2D eigenvalue weighted by Gasteiger charge is 2.05. The second kappa shape index (κ2) is 8.88. The maximum absolute atomic E-state index is 11.4. The molecule has 0 atom stereocenters. The zero-order valence-corrected chi connectivity index (χ0v) is 11.5. The first-order valence-corrected chi connectivity index (χ1v) is 6.36. The SMILES string of the molecule is CC.CCCCC(=O)Nc1cc(N)ccc1Cl. The predicted molar refractivity (Wildman–Crippen MR) is 75.4 cm³/mol. The molecule has 0 bridgehead atoms. The summed E-state index contributed by atoms with van der Waals surface area (Å²) >= 11 is 5.90. The molecule has 96 valence electrons. The van der Waals surface area contributed by atoms with Crippen LogP contribution in [0, 0.1) is 0 Å². The Morgan fingerprint density at radius 3 is 2.65 bits per heavy atom. The molecule has 0 radical (unpaired) electrons. The van der Waals surface area contributed by atoms with Crippen molar-refractivity contribution < 1.29 is 4.79 Å². The van der Waals surface area contributed by atoms with Crippen LogP contribution in [0.15, 0.2) is 18.2 Å². The summed E-state index contributed by atoms with van der Waals surface area (Å²) in [5.74, 6) is -0.0237. The van der Waals surface area contributed by atoms with Crippen molar-refractivity contribution in [3.63, 3.8) is 0 Å². The molecule has 3 N–H and O–H groups in total. The number of rotatable bonds is 4. The molecule has 0 aliphatic carbocycles. The number of nitrogens with one attached hydrogen (secondary N) is 1. The fourth-order valence-corrected chi connectivity index (χ4v) is 1.35.